The standard InChI is InChI=1S/C19H25N5O/c1-14-5-4-8-24(13-14)19(25)9-15-6-2-3-7-17(15)23-18-12-21-11-16(10-20)22-18/h5,11-12,15,17H,2-4,6-9,13H2,1H3,(H,22,23)/t15-,17-/m0/s1. The molecule has 1 aliphatic carbocycles. The van der Waals surface area contributed by atoms with Gasteiger partial charge in [-0.15, -0.1) is 0 Å². The van der Waals surface area contributed by atoms with Gasteiger partial charge in [0.1, 0.15) is 11.9 Å². The van der Waals surface area contributed by atoms with Gasteiger partial charge in [-0.05, 0) is 32.1 Å². The van der Waals surface area contributed by atoms with E-state index >= 15 is 0 Å². The van der Waals surface area contributed by atoms with Crippen molar-refractivity contribution in [3.8, 4) is 6.07 Å². The number of carbonyl (C=O) groups excluding carboxylic acids is 1. The summed E-state index contributed by atoms with van der Waals surface area (Å²) in [6.45, 7) is 3.68. The van der Waals surface area contributed by atoms with Crippen LogP contribution in [-0.4, -0.2) is 39.9 Å². The maximum absolute atomic E-state index is 12.7. The Morgan fingerprint density at radius 1 is 1.40 bits per heavy atom. The zero-order valence-electron chi connectivity index (χ0n) is 14.7. The molecular formula is C19H25N5O. The van der Waals surface area contributed by atoms with Crippen LogP contribution in [-0.2, 0) is 4.79 Å². The first kappa shape index (κ1) is 17.4. The number of rotatable bonds is 4. The second-order valence-electron chi connectivity index (χ2n) is 7.06. The van der Waals surface area contributed by atoms with Crippen molar-refractivity contribution in [2.75, 3.05) is 18.4 Å². The van der Waals surface area contributed by atoms with Gasteiger partial charge < -0.3 is 10.2 Å². The smallest absolute Gasteiger partial charge is 0.223 e. The van der Waals surface area contributed by atoms with Crippen LogP contribution >= 0.6 is 0 Å². The number of amides is 1. The molecule has 2 aliphatic rings. The number of hydrogen-bond donors (Lipinski definition) is 1. The molecule has 1 fully saturated rings. The van der Waals surface area contributed by atoms with E-state index in [1.54, 1.807) is 6.20 Å². The van der Waals surface area contributed by atoms with Crippen LogP contribution in [0, 0.1) is 17.2 Å². The molecule has 0 bridgehead atoms. The summed E-state index contributed by atoms with van der Waals surface area (Å²) < 4.78 is 0. The topological polar surface area (TPSA) is 81.9 Å². The summed E-state index contributed by atoms with van der Waals surface area (Å²) in [5.74, 6) is 1.18. The first-order valence-corrected chi connectivity index (χ1v) is 9.08. The van der Waals surface area contributed by atoms with Crippen LogP contribution in [0.15, 0.2) is 24.0 Å². The van der Waals surface area contributed by atoms with E-state index in [4.69, 9.17) is 5.26 Å². The van der Waals surface area contributed by atoms with Crippen LogP contribution in [0.4, 0.5) is 5.82 Å². The van der Waals surface area contributed by atoms with Gasteiger partial charge >= 0.3 is 0 Å². The van der Waals surface area contributed by atoms with Crippen molar-refractivity contribution < 1.29 is 4.79 Å². The Labute approximate surface area is 149 Å². The van der Waals surface area contributed by atoms with Gasteiger partial charge in [0.05, 0.1) is 12.4 Å². The van der Waals surface area contributed by atoms with Crippen LogP contribution < -0.4 is 5.32 Å². The maximum Gasteiger partial charge on any atom is 0.223 e. The molecule has 132 valence electrons. The Morgan fingerprint density at radius 3 is 3.04 bits per heavy atom. The van der Waals surface area contributed by atoms with Crippen LogP contribution in [0.5, 0.6) is 0 Å². The molecule has 0 spiro atoms. The molecule has 1 aliphatic heterocycles. The maximum atomic E-state index is 12.7. The second kappa shape index (κ2) is 8.11. The molecule has 1 N–H and O–H groups in total. The van der Waals surface area contributed by atoms with E-state index in [1.807, 2.05) is 11.0 Å². The van der Waals surface area contributed by atoms with E-state index in [0.717, 1.165) is 38.8 Å². The zero-order chi connectivity index (χ0) is 17.6. The lowest BCUT2D eigenvalue weighted by molar-refractivity contribution is -0.132. The molecule has 2 heterocycles. The fourth-order valence-corrected chi connectivity index (χ4v) is 3.80. The van der Waals surface area contributed by atoms with Gasteiger partial charge in [0.2, 0.25) is 5.91 Å². The highest BCUT2D eigenvalue weighted by atomic mass is 16.2. The highest BCUT2D eigenvalue weighted by Crippen LogP contribution is 2.30. The lowest BCUT2D eigenvalue weighted by atomic mass is 9.82. The number of nitrogens with one attached hydrogen (secondary N) is 1. The predicted molar refractivity (Wildman–Crippen MR) is 95.7 cm³/mol. The Bertz CT molecular complexity index is 693. The van der Waals surface area contributed by atoms with E-state index in [1.165, 1.54) is 18.2 Å². The molecule has 2 atom stereocenters. The second-order valence-corrected chi connectivity index (χ2v) is 7.06. The summed E-state index contributed by atoms with van der Waals surface area (Å²) in [6.07, 6.45) is 11.3. The van der Waals surface area contributed by atoms with Gasteiger partial charge in [0.15, 0.2) is 5.69 Å². The molecule has 25 heavy (non-hydrogen) atoms. The van der Waals surface area contributed by atoms with Gasteiger partial charge in [0.25, 0.3) is 0 Å². The highest BCUT2D eigenvalue weighted by molar-refractivity contribution is 5.77. The molecular weight excluding hydrogens is 314 g/mol. The molecule has 6 nitrogen and oxygen atoms in total. The molecule has 1 aromatic heterocycles. The van der Waals surface area contributed by atoms with Crippen molar-refractivity contribution in [3.05, 3.63) is 29.7 Å². The summed E-state index contributed by atoms with van der Waals surface area (Å²) in [6, 6.07) is 2.23. The third-order valence-corrected chi connectivity index (χ3v) is 5.11. The van der Waals surface area contributed by atoms with E-state index in [9.17, 15) is 4.79 Å². The van der Waals surface area contributed by atoms with Crippen molar-refractivity contribution in [2.24, 2.45) is 5.92 Å². The summed E-state index contributed by atoms with van der Waals surface area (Å²) in [5, 5.41) is 12.4. The molecule has 3 rings (SSSR count). The lowest BCUT2D eigenvalue weighted by Gasteiger charge is -2.34. The summed E-state index contributed by atoms with van der Waals surface area (Å²) in [4.78, 5) is 23.0. The van der Waals surface area contributed by atoms with Crippen molar-refractivity contribution in [2.45, 2.75) is 51.5 Å². The molecule has 0 unspecified atom stereocenters. The van der Waals surface area contributed by atoms with Crippen LogP contribution in [0.3, 0.4) is 0 Å². The molecule has 1 amide bonds. The minimum absolute atomic E-state index is 0.211. The minimum atomic E-state index is 0.211. The van der Waals surface area contributed by atoms with Crippen molar-refractivity contribution in [1.82, 2.24) is 14.9 Å². The lowest BCUT2D eigenvalue weighted by Crippen LogP contribution is -2.40. The van der Waals surface area contributed by atoms with Gasteiger partial charge in [0, 0.05) is 25.6 Å². The quantitative estimate of drug-likeness (QED) is 0.853. The van der Waals surface area contributed by atoms with E-state index < -0.39 is 0 Å². The molecule has 1 aromatic rings. The molecule has 0 radical (unpaired) electrons. The average molecular weight is 339 g/mol. The van der Waals surface area contributed by atoms with E-state index in [-0.39, 0.29) is 11.9 Å². The Morgan fingerprint density at radius 2 is 2.24 bits per heavy atom. The monoisotopic (exact) mass is 339 g/mol. The van der Waals surface area contributed by atoms with Gasteiger partial charge in [-0.25, -0.2) is 4.98 Å². The third kappa shape index (κ3) is 4.56. The van der Waals surface area contributed by atoms with Gasteiger partial charge in [-0.1, -0.05) is 24.5 Å². The highest BCUT2D eigenvalue weighted by Gasteiger charge is 2.29. The van der Waals surface area contributed by atoms with E-state index in [2.05, 4.69) is 28.3 Å². The molecule has 0 saturated heterocycles. The minimum Gasteiger partial charge on any atom is -0.366 e. The average Bonchev–Trinajstić information content (AvgIpc) is 2.63. The Kier molecular flexibility index (Phi) is 5.64. The first-order chi connectivity index (χ1) is 12.2. The van der Waals surface area contributed by atoms with Crippen molar-refractivity contribution in [3.63, 3.8) is 0 Å². The number of hydrogen-bond acceptors (Lipinski definition) is 5. The normalized spacial score (nSPS) is 23.5. The Hall–Kier alpha value is -2.42. The Balaban J connectivity index is 1.63. The summed E-state index contributed by atoms with van der Waals surface area (Å²) >= 11 is 0. The molecule has 1 saturated carbocycles. The van der Waals surface area contributed by atoms with Gasteiger partial charge in [-0.2, -0.15) is 5.26 Å². The van der Waals surface area contributed by atoms with E-state index in [0.29, 0.717) is 23.9 Å². The van der Waals surface area contributed by atoms with Crippen LogP contribution in [0.1, 0.15) is 51.1 Å². The van der Waals surface area contributed by atoms with Crippen molar-refractivity contribution in [1.29, 1.82) is 5.26 Å². The third-order valence-electron chi connectivity index (χ3n) is 5.11. The summed E-state index contributed by atoms with van der Waals surface area (Å²) in [5.41, 5.74) is 1.59. The molecule has 0 aromatic carbocycles. The summed E-state index contributed by atoms with van der Waals surface area (Å²) in [7, 11) is 0. The SMILES string of the molecule is CC1=CCCN(C(=O)C[C@@H]2CCCC[C@@H]2Nc2cncc(C#N)n2)C1. The predicted octanol–water partition coefficient (Wildman–Crippen LogP) is 2.89. The first-order valence-electron chi connectivity index (χ1n) is 9.08. The number of carbonyl (C=O) groups is 1. The molecule has 6 heteroatoms. The fourth-order valence-electron chi connectivity index (χ4n) is 3.80. The van der Waals surface area contributed by atoms with Crippen LogP contribution in [0.2, 0.25) is 0 Å². The number of aromatic nitrogens is 2. The van der Waals surface area contributed by atoms with Crippen LogP contribution in [0.25, 0.3) is 0 Å². The fraction of sp³-hybridized carbons (Fsp3) is 0.579. The number of anilines is 1. The van der Waals surface area contributed by atoms with Crippen molar-refractivity contribution >= 4 is 11.7 Å². The number of nitriles is 1. The number of nitrogens with zero attached hydrogens (tertiary/aromatic N) is 4. The largest absolute Gasteiger partial charge is 0.366 e. The zero-order valence-corrected chi connectivity index (χ0v) is 14.7. The van der Waals surface area contributed by atoms with Gasteiger partial charge in [-0.3, -0.25) is 9.78 Å².